The molecular weight excluding hydrogens is 609 g/mol. The Hall–Kier alpha value is -5.55. The Bertz CT molecular complexity index is 2220. The van der Waals surface area contributed by atoms with Crippen LogP contribution in [0.2, 0.25) is 0 Å². The van der Waals surface area contributed by atoms with E-state index in [2.05, 4.69) is 141 Å². The highest BCUT2D eigenvalue weighted by Gasteiger charge is 2.18. The van der Waals surface area contributed by atoms with Gasteiger partial charge in [0.15, 0.2) is 12.4 Å². The van der Waals surface area contributed by atoms with Gasteiger partial charge in [0.1, 0.15) is 32.8 Å². The van der Waals surface area contributed by atoms with Crippen LogP contribution in [0.25, 0.3) is 44.7 Å². The molecule has 0 radical (unpaired) electrons. The SMILES string of the molecule is Cc1cc(F)cc(F)c1-c1cccc[n+]1C.Cc1ccc(-c2cccc[n+]2C)c(C)c1.Cc1ccccc1-c1ccc2ccccc2[n+]1C. The van der Waals surface area contributed by atoms with Crippen LogP contribution in [0.5, 0.6) is 0 Å². The van der Waals surface area contributed by atoms with Crippen molar-refractivity contribution >= 4 is 10.9 Å². The molecule has 4 aromatic carbocycles. The largest absolute Gasteiger partial charge is 0.215 e. The highest BCUT2D eigenvalue weighted by Crippen LogP contribution is 2.25. The maximum Gasteiger partial charge on any atom is 0.215 e. The number of aromatic nitrogens is 3. The van der Waals surface area contributed by atoms with Crippen molar-refractivity contribution in [2.75, 3.05) is 0 Å². The summed E-state index contributed by atoms with van der Waals surface area (Å²) in [4.78, 5) is 0. The maximum absolute atomic E-state index is 13.7. The summed E-state index contributed by atoms with van der Waals surface area (Å²) in [6, 6.07) is 42.0. The van der Waals surface area contributed by atoms with Crippen LogP contribution in [-0.4, -0.2) is 0 Å². The van der Waals surface area contributed by atoms with Crippen LogP contribution < -0.4 is 13.7 Å². The lowest BCUT2D eigenvalue weighted by Gasteiger charge is -2.05. The van der Waals surface area contributed by atoms with Gasteiger partial charge in [-0.25, -0.2) is 17.9 Å². The molecule has 0 unspecified atom stereocenters. The van der Waals surface area contributed by atoms with Crippen LogP contribution >= 0.6 is 0 Å². The molecule has 3 aromatic heterocycles. The zero-order chi connectivity index (χ0) is 35.1. The Morgan fingerprint density at radius 2 is 1.08 bits per heavy atom. The zero-order valence-corrected chi connectivity index (χ0v) is 29.4. The quantitative estimate of drug-likeness (QED) is 0.169. The molecule has 7 aromatic rings. The number of fused-ring (bicyclic) bond motifs is 1. The van der Waals surface area contributed by atoms with Gasteiger partial charge in [-0.15, -0.1) is 0 Å². The number of hydrogen-bond donors (Lipinski definition) is 0. The summed E-state index contributed by atoms with van der Waals surface area (Å²) < 4.78 is 32.9. The lowest BCUT2D eigenvalue weighted by atomic mass is 10.0. The summed E-state index contributed by atoms with van der Waals surface area (Å²) in [6.07, 6.45) is 3.91. The average molecular weight is 653 g/mol. The van der Waals surface area contributed by atoms with Crippen LogP contribution in [0.3, 0.4) is 0 Å². The second kappa shape index (κ2) is 15.6. The van der Waals surface area contributed by atoms with Crippen molar-refractivity contribution < 1.29 is 22.5 Å². The van der Waals surface area contributed by atoms with Crippen molar-refractivity contribution in [3.05, 3.63) is 174 Å². The number of hydrogen-bond acceptors (Lipinski definition) is 0. The van der Waals surface area contributed by atoms with E-state index in [1.165, 1.54) is 56.2 Å². The molecule has 3 nitrogen and oxygen atoms in total. The molecule has 0 fully saturated rings. The maximum atomic E-state index is 13.7. The molecule has 0 saturated carbocycles. The molecule has 3 heterocycles. The Kier molecular flexibility index (Phi) is 11.0. The molecule has 246 valence electrons. The van der Waals surface area contributed by atoms with Gasteiger partial charge in [-0.1, -0.05) is 48.0 Å². The molecule has 5 heteroatoms. The van der Waals surface area contributed by atoms with Gasteiger partial charge in [0.2, 0.25) is 22.6 Å². The number of aryl methyl sites for hydroxylation is 7. The second-order valence-corrected chi connectivity index (χ2v) is 12.4. The fraction of sp³-hybridized carbons (Fsp3) is 0.159. The van der Waals surface area contributed by atoms with E-state index in [0.717, 1.165) is 11.8 Å². The zero-order valence-electron chi connectivity index (χ0n) is 29.4. The van der Waals surface area contributed by atoms with Crippen LogP contribution in [-0.2, 0) is 21.1 Å². The van der Waals surface area contributed by atoms with Gasteiger partial charge >= 0.3 is 0 Å². The molecular formula is C44H44F2N3+3. The molecule has 0 aliphatic heterocycles. The number of rotatable bonds is 3. The summed E-state index contributed by atoms with van der Waals surface area (Å²) in [5, 5.41) is 1.28. The van der Waals surface area contributed by atoms with Crippen molar-refractivity contribution in [1.29, 1.82) is 0 Å². The molecule has 0 aliphatic carbocycles. The predicted molar refractivity (Wildman–Crippen MR) is 196 cm³/mol. The van der Waals surface area contributed by atoms with Gasteiger partial charge in [0, 0.05) is 59.0 Å². The Balaban J connectivity index is 0.000000144. The van der Waals surface area contributed by atoms with E-state index in [1.807, 2.05) is 42.1 Å². The van der Waals surface area contributed by atoms with Gasteiger partial charge in [0.25, 0.3) is 0 Å². The summed E-state index contributed by atoms with van der Waals surface area (Å²) >= 11 is 0. The first-order valence-electron chi connectivity index (χ1n) is 16.4. The van der Waals surface area contributed by atoms with Crippen molar-refractivity contribution in [1.82, 2.24) is 0 Å². The average Bonchev–Trinajstić information content (AvgIpc) is 3.07. The van der Waals surface area contributed by atoms with Crippen molar-refractivity contribution in [2.45, 2.75) is 27.7 Å². The standard InChI is InChI=1S/C17H16N.C14H16N.C13H12F2N/c1-13-7-3-5-9-15(13)17-12-11-14-8-4-6-10-16(14)18(17)2;1-11-7-8-13(12(2)10-11)14-6-4-5-9-15(14)3;1-9-7-10(14)8-11(15)13(9)12-5-3-4-6-16(12)2/h3-12H,1-2H3;4-10H,1-3H3;3-8H,1-2H3/q3*+1. The minimum atomic E-state index is -0.544. The van der Waals surface area contributed by atoms with E-state index in [1.54, 1.807) is 6.92 Å². The van der Waals surface area contributed by atoms with Gasteiger partial charge in [-0.05, 0) is 86.8 Å². The first-order chi connectivity index (χ1) is 23.5. The highest BCUT2D eigenvalue weighted by atomic mass is 19.1. The fourth-order valence-electron chi connectivity index (χ4n) is 6.19. The predicted octanol–water partition coefficient (Wildman–Crippen LogP) is 9.20. The molecule has 0 bridgehead atoms. The van der Waals surface area contributed by atoms with Crippen molar-refractivity contribution in [3.63, 3.8) is 0 Å². The molecule has 0 atom stereocenters. The van der Waals surface area contributed by atoms with Crippen molar-refractivity contribution in [3.8, 4) is 33.8 Å². The van der Waals surface area contributed by atoms with E-state index >= 15 is 0 Å². The topological polar surface area (TPSA) is 11.6 Å². The molecule has 0 amide bonds. The Morgan fingerprint density at radius 1 is 0.469 bits per heavy atom. The van der Waals surface area contributed by atoms with Crippen LogP contribution in [0.4, 0.5) is 8.78 Å². The van der Waals surface area contributed by atoms with Crippen LogP contribution in [0.15, 0.2) is 140 Å². The lowest BCUT2D eigenvalue weighted by Crippen LogP contribution is -2.32. The number of halogens is 2. The van der Waals surface area contributed by atoms with E-state index < -0.39 is 11.6 Å². The third-order valence-corrected chi connectivity index (χ3v) is 8.78. The summed E-state index contributed by atoms with van der Waals surface area (Å²) in [7, 11) is 6.04. The second-order valence-electron chi connectivity index (χ2n) is 12.4. The summed E-state index contributed by atoms with van der Waals surface area (Å²) in [6.45, 7) is 8.15. The van der Waals surface area contributed by atoms with E-state index in [4.69, 9.17) is 0 Å². The number of pyridine rings is 3. The number of benzene rings is 4. The molecule has 7 rings (SSSR count). The number of para-hydroxylation sites is 1. The molecule has 0 aliphatic rings. The molecule has 0 spiro atoms. The van der Waals surface area contributed by atoms with E-state index in [9.17, 15) is 8.78 Å². The van der Waals surface area contributed by atoms with Crippen LogP contribution in [0, 0.1) is 39.3 Å². The minimum Gasteiger partial charge on any atom is -0.207 e. The smallest absolute Gasteiger partial charge is 0.207 e. The van der Waals surface area contributed by atoms with E-state index in [0.29, 0.717) is 11.1 Å². The van der Waals surface area contributed by atoms with Crippen molar-refractivity contribution in [2.24, 2.45) is 21.1 Å². The molecule has 0 N–H and O–H groups in total. The van der Waals surface area contributed by atoms with Gasteiger partial charge in [0.05, 0.1) is 5.56 Å². The van der Waals surface area contributed by atoms with Gasteiger partial charge < -0.3 is 0 Å². The first-order valence-corrected chi connectivity index (χ1v) is 16.4. The van der Waals surface area contributed by atoms with E-state index in [-0.39, 0.29) is 0 Å². The Labute approximate surface area is 289 Å². The number of nitrogens with zero attached hydrogens (tertiary/aromatic N) is 3. The minimum absolute atomic E-state index is 0.449. The third-order valence-electron chi connectivity index (χ3n) is 8.78. The first kappa shape index (κ1) is 34.8. The summed E-state index contributed by atoms with van der Waals surface area (Å²) in [5.74, 6) is -1.07. The van der Waals surface area contributed by atoms with Gasteiger partial charge in [-0.3, -0.25) is 0 Å². The molecule has 49 heavy (non-hydrogen) atoms. The lowest BCUT2D eigenvalue weighted by molar-refractivity contribution is -0.660. The highest BCUT2D eigenvalue weighted by molar-refractivity contribution is 5.77. The van der Waals surface area contributed by atoms with Gasteiger partial charge in [-0.2, -0.15) is 4.57 Å². The normalized spacial score (nSPS) is 10.6. The van der Waals surface area contributed by atoms with Crippen LogP contribution in [0.1, 0.15) is 22.3 Å². The molecule has 0 saturated heterocycles. The summed E-state index contributed by atoms with van der Waals surface area (Å²) in [5.41, 5.74) is 12.1. The third kappa shape index (κ3) is 8.13. The Morgan fingerprint density at radius 3 is 1.73 bits per heavy atom. The monoisotopic (exact) mass is 652 g/mol. The fourth-order valence-corrected chi connectivity index (χ4v) is 6.19.